The van der Waals surface area contributed by atoms with Crippen molar-refractivity contribution >= 4 is 0 Å². The van der Waals surface area contributed by atoms with Gasteiger partial charge in [0.15, 0.2) is 0 Å². The first-order valence-electron chi connectivity index (χ1n) is 8.07. The Kier molecular flexibility index (Phi) is 6.49. The van der Waals surface area contributed by atoms with Gasteiger partial charge in [0.1, 0.15) is 0 Å². The van der Waals surface area contributed by atoms with Crippen molar-refractivity contribution in [2.45, 2.75) is 32.6 Å². The van der Waals surface area contributed by atoms with Gasteiger partial charge in [-0.1, -0.05) is 74.5 Å². The van der Waals surface area contributed by atoms with Gasteiger partial charge in [0.05, 0.1) is 0 Å². The van der Waals surface area contributed by atoms with Gasteiger partial charge in [0.2, 0.25) is 0 Å². The van der Waals surface area contributed by atoms with Crippen LogP contribution in [0.5, 0.6) is 0 Å². The molecule has 112 valence electrons. The second-order valence-electron chi connectivity index (χ2n) is 6.05. The summed E-state index contributed by atoms with van der Waals surface area (Å²) in [6.07, 6.45) is 2.36. The maximum atomic E-state index is 3.64. The summed E-state index contributed by atoms with van der Waals surface area (Å²) < 4.78 is 0. The van der Waals surface area contributed by atoms with Gasteiger partial charge < -0.3 is 5.32 Å². The predicted octanol–water partition coefficient (Wildman–Crippen LogP) is 4.65. The second-order valence-corrected chi connectivity index (χ2v) is 6.05. The van der Waals surface area contributed by atoms with Crippen LogP contribution in [0.25, 0.3) is 0 Å². The van der Waals surface area contributed by atoms with Gasteiger partial charge in [-0.3, -0.25) is 0 Å². The van der Waals surface area contributed by atoms with Crippen molar-refractivity contribution in [2.24, 2.45) is 5.92 Å². The molecule has 2 aromatic carbocycles. The van der Waals surface area contributed by atoms with Gasteiger partial charge >= 0.3 is 0 Å². The molecule has 1 nitrogen and oxygen atoms in total. The van der Waals surface area contributed by atoms with Gasteiger partial charge in [-0.05, 0) is 42.3 Å². The van der Waals surface area contributed by atoms with Crippen molar-refractivity contribution in [3.05, 3.63) is 71.8 Å². The molecule has 1 heteroatoms. The minimum absolute atomic E-state index is 0.600. The van der Waals surface area contributed by atoms with Crippen LogP contribution in [0.3, 0.4) is 0 Å². The van der Waals surface area contributed by atoms with E-state index in [1.807, 2.05) is 0 Å². The Morgan fingerprint density at radius 2 is 1.48 bits per heavy atom. The average molecular weight is 281 g/mol. The lowest BCUT2D eigenvalue weighted by atomic mass is 9.88. The Hall–Kier alpha value is -1.60. The zero-order chi connectivity index (χ0) is 14.9. The van der Waals surface area contributed by atoms with E-state index in [2.05, 4.69) is 79.8 Å². The molecule has 0 amide bonds. The van der Waals surface area contributed by atoms with E-state index in [-0.39, 0.29) is 0 Å². The third-order valence-electron chi connectivity index (χ3n) is 4.06. The van der Waals surface area contributed by atoms with Crippen molar-refractivity contribution in [1.29, 1.82) is 0 Å². The van der Waals surface area contributed by atoms with Crippen molar-refractivity contribution < 1.29 is 0 Å². The van der Waals surface area contributed by atoms with Gasteiger partial charge in [-0.25, -0.2) is 0 Å². The molecule has 0 fully saturated rings. The summed E-state index contributed by atoms with van der Waals surface area (Å²) in [7, 11) is 0. The van der Waals surface area contributed by atoms with Crippen LogP contribution in [0.1, 0.15) is 37.3 Å². The molecular formula is C20H27N. The van der Waals surface area contributed by atoms with Crippen LogP contribution in [0.15, 0.2) is 60.7 Å². The highest BCUT2D eigenvalue weighted by atomic mass is 14.9. The summed E-state index contributed by atoms with van der Waals surface area (Å²) >= 11 is 0. The highest BCUT2D eigenvalue weighted by Crippen LogP contribution is 2.23. The van der Waals surface area contributed by atoms with E-state index in [1.54, 1.807) is 0 Å². The van der Waals surface area contributed by atoms with Gasteiger partial charge in [0.25, 0.3) is 0 Å². The maximum Gasteiger partial charge on any atom is 0.00226 e. The SMILES string of the molecule is CC(C)C(CNCCCc1ccccc1)c1ccccc1. The highest BCUT2D eigenvalue weighted by molar-refractivity contribution is 5.20. The van der Waals surface area contributed by atoms with Crippen LogP contribution < -0.4 is 5.32 Å². The van der Waals surface area contributed by atoms with Crippen LogP contribution in [0.4, 0.5) is 0 Å². The number of hydrogen-bond donors (Lipinski definition) is 1. The Balaban J connectivity index is 1.73. The molecule has 0 heterocycles. The molecule has 1 unspecified atom stereocenters. The third kappa shape index (κ3) is 5.35. The third-order valence-corrected chi connectivity index (χ3v) is 4.06. The van der Waals surface area contributed by atoms with Gasteiger partial charge in [-0.2, -0.15) is 0 Å². The number of benzene rings is 2. The smallest absolute Gasteiger partial charge is 0.00226 e. The maximum absolute atomic E-state index is 3.64. The molecule has 0 aliphatic rings. The molecule has 0 aliphatic carbocycles. The first kappa shape index (κ1) is 15.8. The quantitative estimate of drug-likeness (QED) is 0.695. The molecule has 0 radical (unpaired) electrons. The van der Waals surface area contributed by atoms with Crippen molar-refractivity contribution in [3.63, 3.8) is 0 Å². The molecule has 0 bridgehead atoms. The zero-order valence-corrected chi connectivity index (χ0v) is 13.3. The minimum atomic E-state index is 0.600. The number of rotatable bonds is 8. The summed E-state index contributed by atoms with van der Waals surface area (Å²) in [4.78, 5) is 0. The summed E-state index contributed by atoms with van der Waals surface area (Å²) in [6.45, 7) is 6.77. The van der Waals surface area contributed by atoms with Crippen LogP contribution in [-0.4, -0.2) is 13.1 Å². The lowest BCUT2D eigenvalue weighted by Crippen LogP contribution is -2.25. The van der Waals surface area contributed by atoms with E-state index >= 15 is 0 Å². The second kappa shape index (κ2) is 8.63. The summed E-state index contributed by atoms with van der Waals surface area (Å²) in [6, 6.07) is 21.6. The van der Waals surface area contributed by atoms with Gasteiger partial charge in [0, 0.05) is 6.54 Å². The molecule has 0 aromatic heterocycles. The van der Waals surface area contributed by atoms with Gasteiger partial charge in [-0.15, -0.1) is 0 Å². The fraction of sp³-hybridized carbons (Fsp3) is 0.400. The summed E-state index contributed by atoms with van der Waals surface area (Å²) in [5, 5.41) is 3.64. The Morgan fingerprint density at radius 3 is 2.10 bits per heavy atom. The molecule has 0 aliphatic heterocycles. The standard InChI is InChI=1S/C20H27N/c1-17(2)20(19-13-7-4-8-14-19)16-21-15-9-12-18-10-5-3-6-11-18/h3-8,10-11,13-14,17,20-21H,9,12,15-16H2,1-2H3. The van der Waals surface area contributed by atoms with Crippen molar-refractivity contribution in [3.8, 4) is 0 Å². The molecule has 2 rings (SSSR count). The lowest BCUT2D eigenvalue weighted by Gasteiger charge is -2.22. The topological polar surface area (TPSA) is 12.0 Å². The van der Waals surface area contributed by atoms with Crippen molar-refractivity contribution in [1.82, 2.24) is 5.32 Å². The normalized spacial score (nSPS) is 12.5. The van der Waals surface area contributed by atoms with E-state index in [0.29, 0.717) is 11.8 Å². The summed E-state index contributed by atoms with van der Waals surface area (Å²) in [5.74, 6) is 1.26. The Bertz CT molecular complexity index is 490. The largest absolute Gasteiger partial charge is 0.316 e. The van der Waals surface area contributed by atoms with E-state index in [9.17, 15) is 0 Å². The molecule has 1 atom stereocenters. The monoisotopic (exact) mass is 281 g/mol. The van der Waals surface area contributed by atoms with E-state index in [1.165, 1.54) is 17.5 Å². The van der Waals surface area contributed by atoms with Crippen LogP contribution in [0.2, 0.25) is 0 Å². The number of nitrogens with one attached hydrogen (secondary N) is 1. The first-order chi connectivity index (χ1) is 10.3. The average Bonchev–Trinajstić information content (AvgIpc) is 2.52. The Labute approximate surface area is 129 Å². The first-order valence-corrected chi connectivity index (χ1v) is 8.07. The molecule has 2 aromatic rings. The van der Waals surface area contributed by atoms with Crippen LogP contribution in [-0.2, 0) is 6.42 Å². The number of hydrogen-bond acceptors (Lipinski definition) is 1. The van der Waals surface area contributed by atoms with E-state index in [0.717, 1.165) is 19.5 Å². The zero-order valence-electron chi connectivity index (χ0n) is 13.3. The van der Waals surface area contributed by atoms with E-state index in [4.69, 9.17) is 0 Å². The fourth-order valence-electron chi connectivity index (χ4n) is 2.76. The predicted molar refractivity (Wildman–Crippen MR) is 91.7 cm³/mol. The summed E-state index contributed by atoms with van der Waals surface area (Å²) in [5.41, 5.74) is 2.88. The molecule has 0 saturated heterocycles. The van der Waals surface area contributed by atoms with Crippen LogP contribution in [0, 0.1) is 5.92 Å². The minimum Gasteiger partial charge on any atom is -0.316 e. The molecule has 0 spiro atoms. The lowest BCUT2D eigenvalue weighted by molar-refractivity contribution is 0.459. The molecule has 21 heavy (non-hydrogen) atoms. The molecule has 0 saturated carbocycles. The van der Waals surface area contributed by atoms with Crippen LogP contribution >= 0.6 is 0 Å². The highest BCUT2D eigenvalue weighted by Gasteiger charge is 2.14. The molecule has 1 N–H and O–H groups in total. The number of aryl methyl sites for hydroxylation is 1. The molecular weight excluding hydrogens is 254 g/mol. The fourth-order valence-corrected chi connectivity index (χ4v) is 2.76. The van der Waals surface area contributed by atoms with Crippen molar-refractivity contribution in [2.75, 3.05) is 13.1 Å². The Morgan fingerprint density at radius 1 is 0.857 bits per heavy atom. The van der Waals surface area contributed by atoms with E-state index < -0.39 is 0 Å².